The molecule has 20 heavy (non-hydrogen) atoms. The number of hydrogen-bond acceptors (Lipinski definition) is 2. The van der Waals surface area contributed by atoms with E-state index in [2.05, 4.69) is 27.9 Å². The average molecular weight is 282 g/mol. The normalized spacial score (nSPS) is 16.2. The number of unbranched alkanes of at least 4 members (excludes halogenated alkanes) is 1. The second kappa shape index (κ2) is 10.5. The molecular formula is C15H30N4O. The molecule has 0 aliphatic heterocycles. The third-order valence-electron chi connectivity index (χ3n) is 3.49. The van der Waals surface area contributed by atoms with E-state index in [0.29, 0.717) is 19.0 Å². The zero-order valence-corrected chi connectivity index (χ0v) is 13.0. The van der Waals surface area contributed by atoms with Crippen LogP contribution in [0.2, 0.25) is 0 Å². The summed E-state index contributed by atoms with van der Waals surface area (Å²) < 4.78 is 0. The van der Waals surface area contributed by atoms with Gasteiger partial charge in [0.1, 0.15) is 0 Å². The Labute approximate surface area is 123 Å². The molecule has 5 nitrogen and oxygen atoms in total. The number of carbonyl (C=O) groups is 1. The van der Waals surface area contributed by atoms with Gasteiger partial charge in [-0.2, -0.15) is 0 Å². The highest BCUT2D eigenvalue weighted by Gasteiger charge is 2.16. The van der Waals surface area contributed by atoms with Crippen LogP contribution >= 0.6 is 0 Å². The standard InChI is InChI=1S/C15H30N4O/c1-3-5-11-17-15(16-4-2)18-12-10-14(20)19-13-8-6-7-9-13/h13H,3-12H2,1-2H3,(H,19,20)(H2,16,17,18). The first-order valence-corrected chi connectivity index (χ1v) is 8.07. The minimum absolute atomic E-state index is 0.147. The van der Waals surface area contributed by atoms with Crippen LogP contribution in [0, 0.1) is 0 Å². The zero-order chi connectivity index (χ0) is 14.6. The average Bonchev–Trinajstić information content (AvgIpc) is 2.92. The van der Waals surface area contributed by atoms with E-state index in [-0.39, 0.29) is 5.91 Å². The Hall–Kier alpha value is -1.26. The highest BCUT2D eigenvalue weighted by molar-refractivity contribution is 5.81. The quantitative estimate of drug-likeness (QED) is 0.361. The van der Waals surface area contributed by atoms with Gasteiger partial charge >= 0.3 is 0 Å². The lowest BCUT2D eigenvalue weighted by molar-refractivity contribution is -0.121. The fourth-order valence-electron chi connectivity index (χ4n) is 2.36. The molecule has 1 aliphatic rings. The van der Waals surface area contributed by atoms with Gasteiger partial charge in [0.2, 0.25) is 5.91 Å². The Balaban J connectivity index is 2.17. The van der Waals surface area contributed by atoms with E-state index in [0.717, 1.165) is 44.7 Å². The summed E-state index contributed by atoms with van der Waals surface area (Å²) in [6, 6.07) is 0.411. The second-order valence-electron chi connectivity index (χ2n) is 5.34. The Morgan fingerprint density at radius 2 is 1.95 bits per heavy atom. The molecule has 0 saturated heterocycles. The molecule has 1 saturated carbocycles. The van der Waals surface area contributed by atoms with E-state index in [9.17, 15) is 4.79 Å². The number of nitrogens with one attached hydrogen (secondary N) is 3. The molecule has 1 aliphatic carbocycles. The van der Waals surface area contributed by atoms with Gasteiger partial charge in [-0.15, -0.1) is 0 Å². The summed E-state index contributed by atoms with van der Waals surface area (Å²) in [4.78, 5) is 16.3. The largest absolute Gasteiger partial charge is 0.357 e. The molecule has 1 fully saturated rings. The van der Waals surface area contributed by atoms with Crippen molar-refractivity contribution in [2.75, 3.05) is 19.6 Å². The number of hydrogen-bond donors (Lipinski definition) is 3. The first kappa shape index (κ1) is 16.8. The minimum atomic E-state index is 0.147. The molecule has 116 valence electrons. The van der Waals surface area contributed by atoms with Gasteiger partial charge in [-0.1, -0.05) is 26.2 Å². The lowest BCUT2D eigenvalue weighted by Gasteiger charge is -2.13. The second-order valence-corrected chi connectivity index (χ2v) is 5.34. The Morgan fingerprint density at radius 3 is 2.60 bits per heavy atom. The molecule has 0 bridgehead atoms. The predicted octanol–water partition coefficient (Wildman–Crippen LogP) is 1.79. The van der Waals surface area contributed by atoms with Crippen molar-refractivity contribution in [1.29, 1.82) is 0 Å². The minimum Gasteiger partial charge on any atom is -0.357 e. The topological polar surface area (TPSA) is 65.5 Å². The fourth-order valence-corrected chi connectivity index (χ4v) is 2.36. The molecule has 3 N–H and O–H groups in total. The Bertz CT molecular complexity index is 298. The number of guanidine groups is 1. The predicted molar refractivity (Wildman–Crippen MR) is 83.9 cm³/mol. The van der Waals surface area contributed by atoms with Gasteiger partial charge in [0.15, 0.2) is 5.96 Å². The maximum absolute atomic E-state index is 11.8. The zero-order valence-electron chi connectivity index (χ0n) is 13.0. The Morgan fingerprint density at radius 1 is 1.20 bits per heavy atom. The molecule has 1 amide bonds. The van der Waals surface area contributed by atoms with E-state index in [1.165, 1.54) is 12.8 Å². The number of carbonyl (C=O) groups excluding carboxylic acids is 1. The maximum Gasteiger partial charge on any atom is 0.221 e. The van der Waals surface area contributed by atoms with Crippen molar-refractivity contribution < 1.29 is 4.79 Å². The molecule has 0 spiro atoms. The van der Waals surface area contributed by atoms with Gasteiger partial charge in [0, 0.05) is 32.1 Å². The number of rotatable bonds is 8. The van der Waals surface area contributed by atoms with Crippen molar-refractivity contribution in [1.82, 2.24) is 16.0 Å². The SMILES string of the molecule is CCCCN=C(NCC)NCCC(=O)NC1CCCC1. The molecule has 1 rings (SSSR count). The van der Waals surface area contributed by atoms with Crippen LogP contribution in [-0.2, 0) is 4.79 Å². The van der Waals surface area contributed by atoms with Crippen molar-refractivity contribution in [3.05, 3.63) is 0 Å². The summed E-state index contributed by atoms with van der Waals surface area (Å²) >= 11 is 0. The Kier molecular flexibility index (Phi) is 8.83. The number of amides is 1. The summed E-state index contributed by atoms with van der Waals surface area (Å²) in [5.74, 6) is 0.962. The third kappa shape index (κ3) is 7.36. The molecule has 0 aromatic heterocycles. The van der Waals surface area contributed by atoms with Crippen LogP contribution in [-0.4, -0.2) is 37.5 Å². The highest BCUT2D eigenvalue weighted by Crippen LogP contribution is 2.17. The van der Waals surface area contributed by atoms with Crippen molar-refractivity contribution in [3.63, 3.8) is 0 Å². The summed E-state index contributed by atoms with van der Waals surface area (Å²) in [6.45, 7) is 6.51. The van der Waals surface area contributed by atoms with E-state index < -0.39 is 0 Å². The van der Waals surface area contributed by atoms with Crippen LogP contribution in [0.5, 0.6) is 0 Å². The highest BCUT2D eigenvalue weighted by atomic mass is 16.1. The summed E-state index contributed by atoms with van der Waals surface area (Å²) in [5.41, 5.74) is 0. The van der Waals surface area contributed by atoms with Gasteiger partial charge < -0.3 is 16.0 Å². The van der Waals surface area contributed by atoms with Gasteiger partial charge in [-0.25, -0.2) is 0 Å². The smallest absolute Gasteiger partial charge is 0.221 e. The van der Waals surface area contributed by atoms with Gasteiger partial charge in [-0.3, -0.25) is 9.79 Å². The van der Waals surface area contributed by atoms with Gasteiger partial charge in [-0.05, 0) is 26.2 Å². The number of nitrogens with zero attached hydrogens (tertiary/aromatic N) is 1. The monoisotopic (exact) mass is 282 g/mol. The van der Waals surface area contributed by atoms with E-state index in [1.807, 2.05) is 6.92 Å². The first-order chi connectivity index (χ1) is 9.76. The van der Waals surface area contributed by atoms with E-state index in [4.69, 9.17) is 0 Å². The maximum atomic E-state index is 11.8. The summed E-state index contributed by atoms with van der Waals surface area (Å²) in [5, 5.41) is 9.51. The van der Waals surface area contributed by atoms with Crippen LogP contribution in [0.1, 0.15) is 58.8 Å². The lowest BCUT2D eigenvalue weighted by atomic mass is 10.2. The number of aliphatic imine (C=N–C) groups is 1. The summed E-state index contributed by atoms with van der Waals surface area (Å²) in [7, 11) is 0. The molecule has 0 unspecified atom stereocenters. The van der Waals surface area contributed by atoms with Crippen molar-refractivity contribution in [2.45, 2.75) is 64.8 Å². The molecule has 0 aromatic carbocycles. The van der Waals surface area contributed by atoms with E-state index in [1.54, 1.807) is 0 Å². The van der Waals surface area contributed by atoms with Crippen molar-refractivity contribution in [3.8, 4) is 0 Å². The van der Waals surface area contributed by atoms with Crippen molar-refractivity contribution in [2.24, 2.45) is 4.99 Å². The third-order valence-corrected chi connectivity index (χ3v) is 3.49. The molecule has 5 heteroatoms. The van der Waals surface area contributed by atoms with Crippen LogP contribution in [0.15, 0.2) is 4.99 Å². The molecule has 0 radical (unpaired) electrons. The van der Waals surface area contributed by atoms with Crippen molar-refractivity contribution >= 4 is 11.9 Å². The first-order valence-electron chi connectivity index (χ1n) is 8.07. The van der Waals surface area contributed by atoms with Crippen LogP contribution in [0.3, 0.4) is 0 Å². The molecular weight excluding hydrogens is 252 g/mol. The van der Waals surface area contributed by atoms with Gasteiger partial charge in [0.05, 0.1) is 0 Å². The van der Waals surface area contributed by atoms with Gasteiger partial charge in [0.25, 0.3) is 0 Å². The van der Waals surface area contributed by atoms with Crippen LogP contribution in [0.25, 0.3) is 0 Å². The lowest BCUT2D eigenvalue weighted by Crippen LogP contribution is -2.40. The van der Waals surface area contributed by atoms with Crippen LogP contribution < -0.4 is 16.0 Å². The molecule has 0 atom stereocenters. The van der Waals surface area contributed by atoms with Crippen LogP contribution in [0.4, 0.5) is 0 Å². The molecule has 0 aromatic rings. The fraction of sp³-hybridized carbons (Fsp3) is 0.867. The molecule has 0 heterocycles. The van der Waals surface area contributed by atoms with E-state index >= 15 is 0 Å². The summed E-state index contributed by atoms with van der Waals surface area (Å²) in [6.07, 6.45) is 7.52.